The summed E-state index contributed by atoms with van der Waals surface area (Å²) in [5, 5.41) is 12.8. The quantitative estimate of drug-likeness (QED) is 0.187. The molecule has 4 rings (SSSR count). The summed E-state index contributed by atoms with van der Waals surface area (Å²) in [5.74, 6) is -1.17. The molecule has 0 spiro atoms. The van der Waals surface area contributed by atoms with Gasteiger partial charge in [0, 0.05) is 27.6 Å². The molecule has 2 amide bonds. The number of hydrogen-bond donors (Lipinski definition) is 2. The lowest BCUT2D eigenvalue weighted by Crippen LogP contribution is -2.18. The standard InChI is InChI=1S/C22H15Cl2N5O6S/c1-9(30)11-3-4-14(13(23)7-11)26-22(32)28-8-12(19-10(2)36-21(27-19)20(25)31)17-15(28)5-6-16(18(17)24)35-29(33)34/h3-8H,1-2H3,(H2,25,31)(H,26,32). The van der Waals surface area contributed by atoms with E-state index in [2.05, 4.69) is 15.1 Å². The number of carbonyl (C=O) groups excluding carboxylic acids is 3. The summed E-state index contributed by atoms with van der Waals surface area (Å²) in [6.45, 7) is 3.09. The molecule has 2 aromatic carbocycles. The van der Waals surface area contributed by atoms with E-state index < -0.39 is 17.0 Å². The minimum absolute atomic E-state index is 0.0408. The number of nitrogens with zero attached hydrogens (tertiary/aromatic N) is 3. The molecule has 2 heterocycles. The molecule has 0 aliphatic rings. The highest BCUT2D eigenvalue weighted by Crippen LogP contribution is 2.42. The summed E-state index contributed by atoms with van der Waals surface area (Å²) < 4.78 is 1.21. The number of Topliss-reactive ketones (excluding diaryl/α,β-unsaturated/α-hetero) is 1. The van der Waals surface area contributed by atoms with Gasteiger partial charge in [-0.15, -0.1) is 21.5 Å². The van der Waals surface area contributed by atoms with Crippen LogP contribution in [0.25, 0.3) is 22.2 Å². The monoisotopic (exact) mass is 547 g/mol. The Morgan fingerprint density at radius 1 is 1.22 bits per heavy atom. The largest absolute Gasteiger partial charge is 0.364 e. The maximum atomic E-state index is 13.3. The van der Waals surface area contributed by atoms with Gasteiger partial charge in [0.1, 0.15) is 5.75 Å². The van der Waals surface area contributed by atoms with E-state index in [1.807, 2.05) is 0 Å². The fourth-order valence-electron chi connectivity index (χ4n) is 3.53. The van der Waals surface area contributed by atoms with Crippen LogP contribution in [0.3, 0.4) is 0 Å². The average molecular weight is 548 g/mol. The van der Waals surface area contributed by atoms with Gasteiger partial charge in [-0.3, -0.25) is 19.0 Å². The summed E-state index contributed by atoms with van der Waals surface area (Å²) in [6, 6.07) is 6.46. The summed E-state index contributed by atoms with van der Waals surface area (Å²) in [7, 11) is 0. The molecule has 11 nitrogen and oxygen atoms in total. The Morgan fingerprint density at radius 2 is 1.94 bits per heavy atom. The number of hydrogen-bond acceptors (Lipinski definition) is 8. The van der Waals surface area contributed by atoms with Gasteiger partial charge in [0.25, 0.3) is 11.0 Å². The van der Waals surface area contributed by atoms with Crippen molar-refractivity contribution in [2.75, 3.05) is 5.32 Å². The van der Waals surface area contributed by atoms with Gasteiger partial charge in [-0.2, -0.15) is 0 Å². The van der Waals surface area contributed by atoms with Crippen LogP contribution in [0, 0.1) is 17.0 Å². The Labute approximate surface area is 216 Å². The molecular weight excluding hydrogens is 533 g/mol. The van der Waals surface area contributed by atoms with Crippen molar-refractivity contribution >= 4 is 68.9 Å². The number of fused-ring (bicyclic) bond motifs is 1. The molecule has 2 aromatic heterocycles. The van der Waals surface area contributed by atoms with Crippen molar-refractivity contribution in [2.45, 2.75) is 13.8 Å². The van der Waals surface area contributed by atoms with Crippen LogP contribution >= 0.6 is 34.5 Å². The second kappa shape index (κ2) is 9.57. The predicted molar refractivity (Wildman–Crippen MR) is 135 cm³/mol. The SMILES string of the molecule is CC(=O)c1ccc(NC(=O)n2cc(-c3nc(C(N)=O)sc3C)c3c(Cl)c(O[N+](=O)[O-])ccc32)c(Cl)c1. The predicted octanol–water partition coefficient (Wildman–Crippen LogP) is 5.33. The summed E-state index contributed by atoms with van der Waals surface area (Å²) in [4.78, 5) is 56.9. The number of rotatable bonds is 6. The van der Waals surface area contributed by atoms with Gasteiger partial charge < -0.3 is 11.1 Å². The molecule has 0 aliphatic carbocycles. The lowest BCUT2D eigenvalue weighted by molar-refractivity contribution is -0.711. The molecule has 4 aromatic rings. The molecule has 0 aliphatic heterocycles. The highest BCUT2D eigenvalue weighted by atomic mass is 35.5. The normalized spacial score (nSPS) is 10.9. The van der Waals surface area contributed by atoms with Gasteiger partial charge in [0.2, 0.25) is 0 Å². The second-order valence-electron chi connectivity index (χ2n) is 7.47. The zero-order valence-corrected chi connectivity index (χ0v) is 20.8. The molecule has 0 saturated carbocycles. The minimum Gasteiger partial charge on any atom is -0.364 e. The molecular formula is C22H15Cl2N5O6S. The smallest absolute Gasteiger partial charge is 0.330 e. The molecule has 3 N–H and O–H groups in total. The van der Waals surface area contributed by atoms with E-state index in [0.29, 0.717) is 21.7 Å². The number of nitrogens with one attached hydrogen (secondary N) is 1. The molecule has 0 fully saturated rings. The highest BCUT2D eigenvalue weighted by Gasteiger charge is 2.24. The van der Waals surface area contributed by atoms with E-state index in [9.17, 15) is 24.5 Å². The summed E-state index contributed by atoms with van der Waals surface area (Å²) in [6.07, 6.45) is 1.42. The Hall–Kier alpha value is -4.00. The van der Waals surface area contributed by atoms with E-state index >= 15 is 0 Å². The van der Waals surface area contributed by atoms with Crippen LogP contribution < -0.4 is 15.9 Å². The number of aryl methyl sites for hydroxylation is 1. The van der Waals surface area contributed by atoms with Crippen LogP contribution in [0.1, 0.15) is 32.0 Å². The number of benzene rings is 2. The molecule has 0 atom stereocenters. The van der Waals surface area contributed by atoms with Gasteiger partial charge in [0.15, 0.2) is 10.8 Å². The van der Waals surface area contributed by atoms with Crippen molar-refractivity contribution in [3.63, 3.8) is 0 Å². The molecule has 0 saturated heterocycles. The summed E-state index contributed by atoms with van der Waals surface area (Å²) in [5.41, 5.74) is 6.89. The van der Waals surface area contributed by atoms with Crippen LogP contribution in [-0.2, 0) is 0 Å². The number of nitrogens with two attached hydrogens (primary N) is 1. The van der Waals surface area contributed by atoms with Gasteiger partial charge in [-0.25, -0.2) is 9.78 Å². The first-order valence-corrected chi connectivity index (χ1v) is 11.6. The van der Waals surface area contributed by atoms with Crippen molar-refractivity contribution in [1.29, 1.82) is 0 Å². The van der Waals surface area contributed by atoms with Crippen molar-refractivity contribution < 1.29 is 24.3 Å². The third-order valence-electron chi connectivity index (χ3n) is 5.14. The van der Waals surface area contributed by atoms with Gasteiger partial charge in [-0.05, 0) is 44.2 Å². The van der Waals surface area contributed by atoms with Crippen LogP contribution in [0.4, 0.5) is 10.5 Å². The fraction of sp³-hybridized carbons (Fsp3) is 0.0909. The lowest BCUT2D eigenvalue weighted by atomic mass is 10.1. The van der Waals surface area contributed by atoms with Crippen molar-refractivity contribution in [2.24, 2.45) is 5.73 Å². The molecule has 36 heavy (non-hydrogen) atoms. The molecule has 14 heteroatoms. The number of anilines is 1. The number of halogens is 2. The fourth-order valence-corrected chi connectivity index (χ4v) is 4.83. The van der Waals surface area contributed by atoms with Gasteiger partial charge in [0.05, 0.1) is 26.9 Å². The van der Waals surface area contributed by atoms with Crippen LogP contribution in [0.5, 0.6) is 5.75 Å². The summed E-state index contributed by atoms with van der Waals surface area (Å²) >= 11 is 13.8. The Morgan fingerprint density at radius 3 is 2.53 bits per heavy atom. The number of thiazole rings is 1. The zero-order chi connectivity index (χ0) is 26.3. The van der Waals surface area contributed by atoms with E-state index in [-0.39, 0.29) is 43.2 Å². The number of aromatic nitrogens is 2. The molecule has 0 bridgehead atoms. The number of primary amides is 1. The Kier molecular flexibility index (Phi) is 6.67. The van der Waals surface area contributed by atoms with Crippen LogP contribution in [0.2, 0.25) is 10.0 Å². The molecule has 184 valence electrons. The van der Waals surface area contributed by atoms with E-state index in [1.165, 1.54) is 48.0 Å². The number of amides is 2. The lowest BCUT2D eigenvalue weighted by Gasteiger charge is -2.10. The minimum atomic E-state index is -1.01. The molecule has 0 unspecified atom stereocenters. The topological polar surface area (TPSA) is 159 Å². The third-order valence-corrected chi connectivity index (χ3v) is 6.82. The number of carbonyl (C=O) groups is 3. The maximum Gasteiger partial charge on any atom is 0.330 e. The van der Waals surface area contributed by atoms with E-state index in [1.54, 1.807) is 6.92 Å². The van der Waals surface area contributed by atoms with Crippen molar-refractivity contribution in [3.05, 3.63) is 72.1 Å². The highest BCUT2D eigenvalue weighted by molar-refractivity contribution is 7.14. The second-order valence-corrected chi connectivity index (χ2v) is 9.46. The Balaban J connectivity index is 1.87. The van der Waals surface area contributed by atoms with Gasteiger partial charge >= 0.3 is 6.03 Å². The van der Waals surface area contributed by atoms with Gasteiger partial charge in [-0.1, -0.05) is 23.2 Å². The molecule has 0 radical (unpaired) electrons. The first kappa shape index (κ1) is 25.1. The zero-order valence-electron chi connectivity index (χ0n) is 18.5. The Bertz CT molecular complexity index is 1600. The maximum absolute atomic E-state index is 13.3. The third kappa shape index (κ3) is 4.61. The van der Waals surface area contributed by atoms with Crippen molar-refractivity contribution in [1.82, 2.24) is 9.55 Å². The number of ketones is 1. The van der Waals surface area contributed by atoms with Crippen LogP contribution in [-0.4, -0.2) is 32.4 Å². The van der Waals surface area contributed by atoms with E-state index in [4.69, 9.17) is 28.9 Å². The first-order valence-electron chi connectivity index (χ1n) is 10.0. The average Bonchev–Trinajstić information content (AvgIpc) is 3.37. The van der Waals surface area contributed by atoms with Crippen LogP contribution in [0.15, 0.2) is 36.5 Å². The van der Waals surface area contributed by atoms with Crippen molar-refractivity contribution in [3.8, 4) is 17.0 Å². The first-order chi connectivity index (χ1) is 17.0. The van der Waals surface area contributed by atoms with E-state index in [0.717, 1.165) is 11.3 Å².